The molecule has 0 radical (unpaired) electrons. The predicted molar refractivity (Wildman–Crippen MR) is 109 cm³/mol. The quantitative estimate of drug-likeness (QED) is 0.439. The van der Waals surface area contributed by atoms with Crippen LogP contribution in [0.3, 0.4) is 0 Å². The van der Waals surface area contributed by atoms with Crippen molar-refractivity contribution in [2.45, 2.75) is 19.5 Å². The van der Waals surface area contributed by atoms with Gasteiger partial charge in [-0.3, -0.25) is 4.90 Å². The summed E-state index contributed by atoms with van der Waals surface area (Å²) in [6.45, 7) is 1.57. The summed E-state index contributed by atoms with van der Waals surface area (Å²) in [5.41, 5.74) is 3.56. The first kappa shape index (κ1) is 18.4. The zero-order valence-electron chi connectivity index (χ0n) is 15.5. The van der Waals surface area contributed by atoms with Crippen LogP contribution in [0, 0.1) is 11.6 Å². The van der Waals surface area contributed by atoms with Crippen molar-refractivity contribution in [1.82, 2.24) is 9.88 Å². The summed E-state index contributed by atoms with van der Waals surface area (Å²) in [5, 5.41) is 1.19. The Morgan fingerprint density at radius 2 is 1.25 bits per heavy atom. The molecule has 4 rings (SSSR count). The average molecular weight is 376 g/mol. The highest BCUT2D eigenvalue weighted by Gasteiger charge is 2.13. The van der Waals surface area contributed by atoms with Gasteiger partial charge in [0, 0.05) is 47.9 Å². The lowest BCUT2D eigenvalue weighted by Crippen LogP contribution is -2.26. The Morgan fingerprint density at radius 3 is 1.89 bits per heavy atom. The van der Waals surface area contributed by atoms with Gasteiger partial charge in [-0.05, 0) is 30.2 Å². The summed E-state index contributed by atoms with van der Waals surface area (Å²) in [6.07, 6.45) is 2.82. The van der Waals surface area contributed by atoms with Crippen molar-refractivity contribution in [3.8, 4) is 0 Å². The Kier molecular flexibility index (Phi) is 5.49. The monoisotopic (exact) mass is 376 g/mol. The van der Waals surface area contributed by atoms with Crippen LogP contribution in [0.4, 0.5) is 8.78 Å². The van der Waals surface area contributed by atoms with E-state index < -0.39 is 0 Å². The minimum Gasteiger partial charge on any atom is -0.361 e. The lowest BCUT2D eigenvalue weighted by molar-refractivity contribution is 0.253. The maximum absolute atomic E-state index is 14.2. The Labute approximate surface area is 163 Å². The highest BCUT2D eigenvalue weighted by atomic mass is 19.1. The van der Waals surface area contributed by atoms with Crippen molar-refractivity contribution in [3.63, 3.8) is 0 Å². The van der Waals surface area contributed by atoms with E-state index in [4.69, 9.17) is 0 Å². The molecule has 1 aromatic heterocycles. The van der Waals surface area contributed by atoms with Gasteiger partial charge >= 0.3 is 0 Å². The zero-order chi connectivity index (χ0) is 19.3. The van der Waals surface area contributed by atoms with Gasteiger partial charge in [0.15, 0.2) is 0 Å². The summed E-state index contributed by atoms with van der Waals surface area (Å²) < 4.78 is 28.4. The first-order valence-corrected chi connectivity index (χ1v) is 9.45. The molecule has 28 heavy (non-hydrogen) atoms. The van der Waals surface area contributed by atoms with Gasteiger partial charge < -0.3 is 4.98 Å². The maximum Gasteiger partial charge on any atom is 0.127 e. The number of hydrogen-bond acceptors (Lipinski definition) is 1. The molecule has 1 heterocycles. The van der Waals surface area contributed by atoms with Gasteiger partial charge in [0.05, 0.1) is 0 Å². The lowest BCUT2D eigenvalue weighted by atomic mass is 10.1. The van der Waals surface area contributed by atoms with E-state index >= 15 is 0 Å². The number of benzene rings is 3. The number of para-hydroxylation sites is 1. The van der Waals surface area contributed by atoms with Crippen molar-refractivity contribution in [1.29, 1.82) is 0 Å². The number of nitrogens with one attached hydrogen (secondary N) is 1. The molecule has 1 N–H and O–H groups in total. The molecular formula is C24H22F2N2. The summed E-state index contributed by atoms with van der Waals surface area (Å²) in [5.74, 6) is -0.457. The van der Waals surface area contributed by atoms with E-state index in [2.05, 4.69) is 22.0 Å². The van der Waals surface area contributed by atoms with Gasteiger partial charge in [0.1, 0.15) is 11.6 Å². The number of rotatable bonds is 7. The molecule has 4 heteroatoms. The smallest absolute Gasteiger partial charge is 0.127 e. The molecule has 2 nitrogen and oxygen atoms in total. The molecule has 0 aliphatic rings. The topological polar surface area (TPSA) is 19.0 Å². The van der Waals surface area contributed by atoms with Gasteiger partial charge in [-0.2, -0.15) is 0 Å². The fourth-order valence-electron chi connectivity index (χ4n) is 3.57. The third kappa shape index (κ3) is 4.12. The van der Waals surface area contributed by atoms with Crippen LogP contribution in [0.5, 0.6) is 0 Å². The van der Waals surface area contributed by atoms with Gasteiger partial charge in [-0.25, -0.2) is 8.78 Å². The van der Waals surface area contributed by atoms with Crippen LogP contribution in [0.15, 0.2) is 79.0 Å². The van der Waals surface area contributed by atoms with Crippen LogP contribution in [0.1, 0.15) is 16.7 Å². The van der Waals surface area contributed by atoms with Crippen LogP contribution in [0.25, 0.3) is 10.9 Å². The van der Waals surface area contributed by atoms with Gasteiger partial charge in [0.2, 0.25) is 0 Å². The molecule has 0 unspecified atom stereocenters. The summed E-state index contributed by atoms with van der Waals surface area (Å²) in [6, 6.07) is 21.7. The van der Waals surface area contributed by atoms with Crippen molar-refractivity contribution >= 4 is 10.9 Å². The number of hydrogen-bond donors (Lipinski definition) is 1. The number of aromatic amines is 1. The van der Waals surface area contributed by atoms with E-state index in [-0.39, 0.29) is 11.6 Å². The van der Waals surface area contributed by atoms with E-state index in [1.54, 1.807) is 24.3 Å². The molecule has 0 atom stereocenters. The Hall–Kier alpha value is -2.98. The average Bonchev–Trinajstić information content (AvgIpc) is 3.13. The maximum atomic E-state index is 14.2. The van der Waals surface area contributed by atoms with Crippen LogP contribution < -0.4 is 0 Å². The molecule has 0 aliphatic carbocycles. The lowest BCUT2D eigenvalue weighted by Gasteiger charge is -2.23. The van der Waals surface area contributed by atoms with Gasteiger partial charge in [-0.15, -0.1) is 0 Å². The van der Waals surface area contributed by atoms with E-state index in [1.807, 2.05) is 30.5 Å². The van der Waals surface area contributed by atoms with Crippen molar-refractivity contribution in [2.75, 3.05) is 6.54 Å². The Morgan fingerprint density at radius 1 is 0.679 bits per heavy atom. The summed E-state index contributed by atoms with van der Waals surface area (Å²) >= 11 is 0. The molecule has 0 saturated heterocycles. The minimum atomic E-state index is -0.229. The highest BCUT2D eigenvalue weighted by Crippen LogP contribution is 2.20. The van der Waals surface area contributed by atoms with Crippen LogP contribution in [0.2, 0.25) is 0 Å². The van der Waals surface area contributed by atoms with Gasteiger partial charge in [-0.1, -0.05) is 54.6 Å². The molecule has 142 valence electrons. The minimum absolute atomic E-state index is 0.229. The predicted octanol–water partition coefficient (Wildman–Crippen LogP) is 5.69. The summed E-state index contributed by atoms with van der Waals surface area (Å²) in [4.78, 5) is 5.39. The van der Waals surface area contributed by atoms with Gasteiger partial charge in [0.25, 0.3) is 0 Å². The van der Waals surface area contributed by atoms with Crippen LogP contribution in [-0.4, -0.2) is 16.4 Å². The molecule has 0 bridgehead atoms. The fraction of sp³-hybridized carbons (Fsp3) is 0.167. The number of nitrogens with zero attached hydrogens (tertiary/aromatic N) is 1. The Balaban J connectivity index is 1.55. The van der Waals surface area contributed by atoms with E-state index in [0.29, 0.717) is 30.8 Å². The molecule has 0 aliphatic heterocycles. The molecule has 3 aromatic carbocycles. The second-order valence-corrected chi connectivity index (χ2v) is 7.00. The zero-order valence-corrected chi connectivity index (χ0v) is 15.5. The molecule has 0 spiro atoms. The van der Waals surface area contributed by atoms with Crippen LogP contribution in [-0.2, 0) is 19.5 Å². The van der Waals surface area contributed by atoms with Crippen molar-refractivity contribution in [3.05, 3.63) is 107 Å². The first-order valence-electron chi connectivity index (χ1n) is 9.45. The number of H-pyrrole nitrogens is 1. The number of halogens is 2. The normalized spacial score (nSPS) is 11.4. The highest BCUT2D eigenvalue weighted by molar-refractivity contribution is 5.83. The van der Waals surface area contributed by atoms with E-state index in [1.165, 1.54) is 23.1 Å². The molecule has 0 saturated carbocycles. The molecule has 4 aromatic rings. The van der Waals surface area contributed by atoms with E-state index in [0.717, 1.165) is 11.9 Å². The largest absolute Gasteiger partial charge is 0.361 e. The number of fused-ring (bicyclic) bond motifs is 1. The second kappa shape index (κ2) is 8.36. The number of aromatic nitrogens is 1. The molecule has 0 amide bonds. The van der Waals surface area contributed by atoms with Crippen molar-refractivity contribution < 1.29 is 8.78 Å². The standard InChI is InChI=1S/C24H22F2N2/c25-22-10-4-1-7-19(22)16-28(17-20-8-2-5-11-23(20)26)14-13-18-15-27-24-12-6-3-9-21(18)24/h1-12,15,27H,13-14,16-17H2. The Bertz CT molecular complexity index is 1020. The molecule has 0 fully saturated rings. The third-order valence-electron chi connectivity index (χ3n) is 5.08. The SMILES string of the molecule is Fc1ccccc1CN(CCc1c[nH]c2ccccc12)Cc1ccccc1F. The third-order valence-corrected chi connectivity index (χ3v) is 5.08. The van der Waals surface area contributed by atoms with Crippen molar-refractivity contribution in [2.24, 2.45) is 0 Å². The fourth-order valence-corrected chi connectivity index (χ4v) is 3.57. The molecular weight excluding hydrogens is 354 g/mol. The first-order chi connectivity index (χ1) is 13.7. The summed E-state index contributed by atoms with van der Waals surface area (Å²) in [7, 11) is 0. The van der Waals surface area contributed by atoms with Crippen LogP contribution >= 0.6 is 0 Å². The van der Waals surface area contributed by atoms with E-state index in [9.17, 15) is 8.78 Å². The second-order valence-electron chi connectivity index (χ2n) is 7.00.